The minimum absolute atomic E-state index is 0.0106. The van der Waals surface area contributed by atoms with E-state index in [1.54, 1.807) is 6.07 Å². The number of hydrogen-bond donors (Lipinski definition) is 7. The van der Waals surface area contributed by atoms with Gasteiger partial charge in [0.25, 0.3) is 0 Å². The van der Waals surface area contributed by atoms with Crippen molar-refractivity contribution in [3.8, 4) is 41.1 Å². The SMILES string of the molecule is C[C@@H]1C=C[C@@H]([C@@H](O)CC(=O)CCc2cc3c(cc2O)OC#CC2(CCCC2)[C@@H]2C#C[C@H](O)c4ccc5c6c4[C@H](CCC6=CN[C@@H]5N)c4c[nH]c5cn(cc45)[C@H]2O3)[C@H](O)C1. The first-order valence-electron chi connectivity index (χ1n) is 21.1. The van der Waals surface area contributed by atoms with Crippen molar-refractivity contribution in [3.63, 3.8) is 0 Å². The summed E-state index contributed by atoms with van der Waals surface area (Å²) in [6.45, 7) is 2.01. The molecule has 304 valence electrons. The second kappa shape index (κ2) is 14.7. The molecule has 5 heterocycles. The highest BCUT2D eigenvalue weighted by Gasteiger charge is 2.47. The number of allylic oxidation sites excluding steroid dienone is 2. The molecule has 0 amide bonds. The summed E-state index contributed by atoms with van der Waals surface area (Å²) < 4.78 is 15.2. The van der Waals surface area contributed by atoms with E-state index in [4.69, 9.17) is 15.2 Å². The molecule has 10 rings (SSSR count). The first kappa shape index (κ1) is 37.8. The summed E-state index contributed by atoms with van der Waals surface area (Å²) in [6, 6.07) is 7.20. The van der Waals surface area contributed by atoms with Crippen molar-refractivity contribution in [2.45, 2.75) is 108 Å². The number of aromatic hydroxyl groups is 1. The number of carbonyl (C=O) groups excluding carboxylic acids is 1. The highest BCUT2D eigenvalue weighted by molar-refractivity contribution is 5.86. The summed E-state index contributed by atoms with van der Waals surface area (Å²) in [6.07, 6.45) is 17.0. The van der Waals surface area contributed by atoms with Crippen molar-refractivity contribution in [2.24, 2.45) is 28.9 Å². The second-order valence-electron chi connectivity index (χ2n) is 17.6. The third kappa shape index (κ3) is 6.52. The summed E-state index contributed by atoms with van der Waals surface area (Å²) in [4.78, 5) is 16.7. The predicted molar refractivity (Wildman–Crippen MR) is 222 cm³/mol. The molecule has 8 N–H and O–H groups in total. The number of fused-ring (bicyclic) bond motifs is 6. The van der Waals surface area contributed by atoms with Gasteiger partial charge in [-0.15, -0.1) is 0 Å². The number of carbonyl (C=O) groups is 1. The van der Waals surface area contributed by atoms with Crippen LogP contribution in [0.4, 0.5) is 0 Å². The van der Waals surface area contributed by atoms with Gasteiger partial charge in [0.1, 0.15) is 29.9 Å². The highest BCUT2D eigenvalue weighted by Crippen LogP contribution is 2.53. The van der Waals surface area contributed by atoms with Crippen molar-refractivity contribution in [1.82, 2.24) is 14.9 Å². The molecule has 9 atom stereocenters. The minimum Gasteiger partial charge on any atom is -0.508 e. The fraction of sp³-hybridized carbons (Fsp3) is 0.438. The van der Waals surface area contributed by atoms with Crippen LogP contribution in [0.5, 0.6) is 17.2 Å². The zero-order valence-electron chi connectivity index (χ0n) is 33.1. The van der Waals surface area contributed by atoms with Crippen LogP contribution in [0.25, 0.3) is 16.5 Å². The summed E-state index contributed by atoms with van der Waals surface area (Å²) >= 11 is 0. The number of H-pyrrole nitrogens is 1. The third-order valence-corrected chi connectivity index (χ3v) is 13.8. The minimum atomic E-state index is -1.09. The lowest BCUT2D eigenvalue weighted by molar-refractivity contribution is -0.122. The number of phenols is 1. The average molecular weight is 795 g/mol. The molecule has 3 aliphatic heterocycles. The number of aliphatic hydroxyl groups is 3. The Bertz CT molecular complexity index is 2540. The molecule has 1 spiro atoms. The number of nitrogens with one attached hydrogen (secondary N) is 2. The Morgan fingerprint density at radius 1 is 1.08 bits per heavy atom. The molecular formula is C48H50N4O7. The Labute approximate surface area is 343 Å². The molecule has 1 fully saturated rings. The number of phenolic OH excluding ortho intramolecular Hbond substituents is 1. The van der Waals surface area contributed by atoms with Gasteiger partial charge in [0.15, 0.2) is 17.7 Å². The predicted octanol–water partition coefficient (Wildman–Crippen LogP) is 6.49. The Balaban J connectivity index is 1.03. The van der Waals surface area contributed by atoms with Crippen LogP contribution in [0.1, 0.15) is 123 Å². The van der Waals surface area contributed by atoms with Crippen LogP contribution in [-0.2, 0) is 11.2 Å². The Kier molecular flexibility index (Phi) is 9.41. The summed E-state index contributed by atoms with van der Waals surface area (Å²) in [5, 5.41) is 49.1. The number of aliphatic hydroxyl groups excluding tert-OH is 3. The molecule has 4 aromatic rings. The van der Waals surface area contributed by atoms with E-state index < -0.39 is 41.8 Å². The van der Waals surface area contributed by atoms with Crippen LogP contribution in [0, 0.1) is 47.0 Å². The number of rotatable bonds is 6. The van der Waals surface area contributed by atoms with E-state index in [1.165, 1.54) is 11.6 Å². The maximum atomic E-state index is 13.2. The Morgan fingerprint density at radius 3 is 2.75 bits per heavy atom. The van der Waals surface area contributed by atoms with Gasteiger partial charge in [0.2, 0.25) is 0 Å². The zero-order valence-corrected chi connectivity index (χ0v) is 33.1. The second-order valence-corrected chi connectivity index (χ2v) is 17.6. The molecular weight excluding hydrogens is 745 g/mol. The monoisotopic (exact) mass is 794 g/mol. The van der Waals surface area contributed by atoms with Gasteiger partial charge < -0.3 is 50.5 Å². The maximum Gasteiger partial charge on any atom is 0.191 e. The Morgan fingerprint density at radius 2 is 1.92 bits per heavy atom. The third-order valence-electron chi connectivity index (χ3n) is 13.8. The van der Waals surface area contributed by atoms with Gasteiger partial charge in [-0.25, -0.2) is 0 Å². The molecule has 2 aromatic heterocycles. The molecule has 0 saturated heterocycles. The maximum absolute atomic E-state index is 13.2. The molecule has 1 saturated carbocycles. The smallest absolute Gasteiger partial charge is 0.191 e. The number of ketones is 1. The van der Waals surface area contributed by atoms with E-state index in [0.717, 1.165) is 77.2 Å². The van der Waals surface area contributed by atoms with Crippen molar-refractivity contribution in [1.29, 1.82) is 0 Å². The topological polar surface area (TPSA) is 175 Å². The van der Waals surface area contributed by atoms with Crippen LogP contribution in [-0.4, -0.2) is 48.0 Å². The standard InChI is InChI=1S/C48H50N4O7/c1-26-4-8-31(40(56)18-26)41(57)20-29(53)7-5-27-19-43-42(21-39(27)55)58-17-16-48(14-2-3-15-48)36-12-13-38(54)32-10-11-33-44-28(22-51-46(33)49)6-9-30(45(32)44)34-23-50-37-25-52(24-35(34)37)47(36)59-43/h4,8,10-11,19,21-26,30-31,36,38,40-41,46-47,50-51,54-57H,2-3,5-7,9,14-15,18,20,49H2,1H3/t26-,30-,31-,36-,38+,40-,41+,46+,47+/m1/s1. The van der Waals surface area contributed by atoms with Crippen molar-refractivity contribution in [2.75, 3.05) is 0 Å². The fourth-order valence-electron chi connectivity index (χ4n) is 10.7. The van der Waals surface area contributed by atoms with Gasteiger partial charge in [-0.1, -0.05) is 61.8 Å². The summed E-state index contributed by atoms with van der Waals surface area (Å²) in [5.74, 6) is 9.89. The number of aryl methyl sites for hydroxylation is 1. The van der Waals surface area contributed by atoms with E-state index in [0.29, 0.717) is 17.7 Å². The van der Waals surface area contributed by atoms with E-state index in [9.17, 15) is 25.2 Å². The summed E-state index contributed by atoms with van der Waals surface area (Å²) in [5.41, 5.74) is 13.7. The molecule has 2 bridgehead atoms. The number of nitrogens with zero attached hydrogens (tertiary/aromatic N) is 1. The zero-order chi connectivity index (χ0) is 40.6. The van der Waals surface area contributed by atoms with E-state index in [-0.39, 0.29) is 54.5 Å². The van der Waals surface area contributed by atoms with Gasteiger partial charge in [0, 0.05) is 60.9 Å². The lowest BCUT2D eigenvalue weighted by Crippen LogP contribution is -2.36. The van der Waals surface area contributed by atoms with Gasteiger partial charge in [-0.05, 0) is 89.5 Å². The van der Waals surface area contributed by atoms with Gasteiger partial charge >= 0.3 is 0 Å². The molecule has 11 heteroatoms. The average Bonchev–Trinajstić information content (AvgIpc) is 3.96. The van der Waals surface area contributed by atoms with Crippen molar-refractivity contribution in [3.05, 3.63) is 94.6 Å². The number of hydrogen-bond acceptors (Lipinski definition) is 9. The highest BCUT2D eigenvalue weighted by atomic mass is 16.5. The van der Waals surface area contributed by atoms with E-state index in [1.807, 2.05) is 37.4 Å². The van der Waals surface area contributed by atoms with Crippen LogP contribution >= 0.6 is 0 Å². The normalized spacial score (nSPS) is 28.8. The molecule has 3 aliphatic carbocycles. The number of aromatic nitrogens is 2. The fourth-order valence-corrected chi connectivity index (χ4v) is 10.7. The lowest BCUT2D eigenvalue weighted by atomic mass is 9.71. The van der Waals surface area contributed by atoms with Gasteiger partial charge in [-0.3, -0.25) is 4.79 Å². The van der Waals surface area contributed by atoms with Gasteiger partial charge in [-0.2, -0.15) is 0 Å². The quantitative estimate of drug-likeness (QED) is 0.0851. The molecule has 0 unspecified atom stereocenters. The largest absolute Gasteiger partial charge is 0.508 e. The molecule has 11 nitrogen and oxygen atoms in total. The Hall–Kier alpha value is -5.43. The van der Waals surface area contributed by atoms with Crippen LogP contribution < -0.4 is 20.5 Å². The molecule has 59 heavy (non-hydrogen) atoms. The van der Waals surface area contributed by atoms with E-state index >= 15 is 0 Å². The van der Waals surface area contributed by atoms with Crippen molar-refractivity contribution >= 4 is 22.3 Å². The molecule has 2 aromatic carbocycles. The van der Waals surface area contributed by atoms with Crippen molar-refractivity contribution < 1.29 is 34.7 Å². The number of aromatic amines is 1. The van der Waals surface area contributed by atoms with Crippen LogP contribution in [0.15, 0.2) is 61.2 Å². The first-order chi connectivity index (χ1) is 28.6. The number of benzene rings is 2. The molecule has 0 radical (unpaired) electrons. The lowest BCUT2D eigenvalue weighted by Gasteiger charge is -2.37. The first-order valence-corrected chi connectivity index (χ1v) is 21.1. The van der Waals surface area contributed by atoms with Crippen LogP contribution in [0.2, 0.25) is 0 Å². The number of nitrogens with two attached hydrogens (primary N) is 1. The number of ether oxygens (including phenoxy) is 2. The van der Waals surface area contributed by atoms with Crippen LogP contribution in [0.3, 0.4) is 0 Å². The number of Topliss-reactive ketones (excluding diaryl/α,β-unsaturated/α-hetero) is 1. The summed E-state index contributed by atoms with van der Waals surface area (Å²) in [7, 11) is 0. The molecule has 6 aliphatic rings. The van der Waals surface area contributed by atoms with Gasteiger partial charge in [0.05, 0.1) is 29.1 Å². The van der Waals surface area contributed by atoms with E-state index in [2.05, 4.69) is 57.3 Å².